The molecule has 0 aromatic heterocycles. The molecule has 1 aliphatic heterocycles. The first-order chi connectivity index (χ1) is 12.5. The number of benzene rings is 1. The van der Waals surface area contributed by atoms with Crippen molar-refractivity contribution in [1.29, 1.82) is 0 Å². The molecule has 0 bridgehead atoms. The van der Waals surface area contributed by atoms with Crippen LogP contribution in [0.15, 0.2) is 24.3 Å². The van der Waals surface area contributed by atoms with Crippen LogP contribution in [0.25, 0.3) is 0 Å². The molecule has 0 radical (unpaired) electrons. The van der Waals surface area contributed by atoms with E-state index in [0.29, 0.717) is 19.5 Å². The van der Waals surface area contributed by atoms with Crippen molar-refractivity contribution in [3.63, 3.8) is 0 Å². The highest BCUT2D eigenvalue weighted by atomic mass is 16.2. The van der Waals surface area contributed by atoms with Crippen LogP contribution in [0.5, 0.6) is 0 Å². The summed E-state index contributed by atoms with van der Waals surface area (Å²) in [5.74, 6) is -0.129. The molecule has 2 amide bonds. The average Bonchev–Trinajstić information content (AvgIpc) is 2.63. The van der Waals surface area contributed by atoms with Gasteiger partial charge in [-0.1, -0.05) is 18.6 Å². The van der Waals surface area contributed by atoms with E-state index in [1.165, 1.54) is 37.4 Å². The van der Waals surface area contributed by atoms with Crippen molar-refractivity contribution in [1.82, 2.24) is 15.5 Å². The summed E-state index contributed by atoms with van der Waals surface area (Å²) in [6.45, 7) is 4.58. The zero-order valence-corrected chi connectivity index (χ0v) is 16.3. The molecule has 26 heavy (non-hydrogen) atoms. The molecule has 1 unspecified atom stereocenters. The fraction of sp³-hybridized carbons (Fsp3) is 0.600. The third-order valence-electron chi connectivity index (χ3n) is 4.84. The minimum absolute atomic E-state index is 0.0225. The lowest BCUT2D eigenvalue weighted by atomic mass is 10.0. The number of amides is 2. The highest BCUT2D eigenvalue weighted by Crippen LogP contribution is 2.25. The lowest BCUT2D eigenvalue weighted by Gasteiger charge is -2.35. The number of nitrogens with zero attached hydrogens (tertiary/aromatic N) is 2. The number of piperidine rings is 1. The zero-order chi connectivity index (χ0) is 18.9. The molecule has 2 N–H and O–H groups in total. The van der Waals surface area contributed by atoms with Crippen molar-refractivity contribution in [2.24, 2.45) is 0 Å². The Morgan fingerprint density at radius 3 is 2.31 bits per heavy atom. The molecule has 0 saturated carbocycles. The van der Waals surface area contributed by atoms with Crippen LogP contribution in [0, 0.1) is 0 Å². The van der Waals surface area contributed by atoms with E-state index in [4.69, 9.17) is 0 Å². The number of nitrogens with one attached hydrogen (secondary N) is 2. The summed E-state index contributed by atoms with van der Waals surface area (Å²) in [7, 11) is 4.07. The van der Waals surface area contributed by atoms with Gasteiger partial charge in [-0.3, -0.25) is 14.5 Å². The highest BCUT2D eigenvalue weighted by molar-refractivity contribution is 5.77. The molecule has 1 aromatic rings. The maximum Gasteiger partial charge on any atom is 0.221 e. The summed E-state index contributed by atoms with van der Waals surface area (Å²) in [4.78, 5) is 27.6. The van der Waals surface area contributed by atoms with E-state index >= 15 is 0 Å². The van der Waals surface area contributed by atoms with Gasteiger partial charge in [-0.15, -0.1) is 0 Å². The van der Waals surface area contributed by atoms with Gasteiger partial charge in [-0.25, -0.2) is 0 Å². The van der Waals surface area contributed by atoms with Crippen molar-refractivity contribution >= 4 is 17.5 Å². The van der Waals surface area contributed by atoms with E-state index < -0.39 is 0 Å². The van der Waals surface area contributed by atoms with E-state index in [2.05, 4.69) is 44.7 Å². The maximum atomic E-state index is 12.1. The first-order valence-electron chi connectivity index (χ1n) is 9.50. The van der Waals surface area contributed by atoms with Crippen LogP contribution in [0.4, 0.5) is 5.69 Å². The van der Waals surface area contributed by atoms with Crippen LogP contribution in [-0.2, 0) is 9.59 Å². The van der Waals surface area contributed by atoms with Crippen molar-refractivity contribution in [2.45, 2.75) is 38.6 Å². The zero-order valence-electron chi connectivity index (χ0n) is 16.3. The summed E-state index contributed by atoms with van der Waals surface area (Å²) < 4.78 is 0. The fourth-order valence-electron chi connectivity index (χ4n) is 3.33. The van der Waals surface area contributed by atoms with Gasteiger partial charge in [0.1, 0.15) is 0 Å². The normalized spacial score (nSPS) is 16.0. The van der Waals surface area contributed by atoms with E-state index in [-0.39, 0.29) is 17.9 Å². The van der Waals surface area contributed by atoms with E-state index in [0.717, 1.165) is 13.1 Å². The molecule has 6 heteroatoms. The van der Waals surface area contributed by atoms with E-state index in [9.17, 15) is 9.59 Å². The van der Waals surface area contributed by atoms with Crippen molar-refractivity contribution < 1.29 is 9.59 Å². The molecular weight excluding hydrogens is 328 g/mol. The van der Waals surface area contributed by atoms with Crippen LogP contribution in [0.1, 0.15) is 44.2 Å². The Balaban J connectivity index is 1.99. The van der Waals surface area contributed by atoms with E-state index in [1.54, 1.807) is 0 Å². The van der Waals surface area contributed by atoms with E-state index in [1.807, 2.05) is 14.1 Å². The quantitative estimate of drug-likeness (QED) is 0.743. The molecule has 0 spiro atoms. The number of hydrogen-bond donors (Lipinski definition) is 2. The predicted molar refractivity (Wildman–Crippen MR) is 105 cm³/mol. The van der Waals surface area contributed by atoms with Gasteiger partial charge in [0.05, 0.1) is 6.04 Å². The van der Waals surface area contributed by atoms with Gasteiger partial charge in [-0.2, -0.15) is 0 Å². The lowest BCUT2D eigenvalue weighted by Crippen LogP contribution is -2.41. The summed E-state index contributed by atoms with van der Waals surface area (Å²) in [6, 6.07) is 8.78. The number of rotatable bonds is 8. The Hall–Kier alpha value is -2.08. The van der Waals surface area contributed by atoms with Crippen LogP contribution >= 0.6 is 0 Å². The summed E-state index contributed by atoms with van der Waals surface area (Å²) in [5.41, 5.74) is 2.41. The standard InChI is InChI=1S/C20H32N4O2/c1-16(25)21-12-11-20(26)22-15-19(24-13-5-4-6-14-24)17-7-9-18(10-8-17)23(2)3/h7-10,19H,4-6,11-15H2,1-3H3,(H,21,25)(H,22,26). The Morgan fingerprint density at radius 1 is 1.08 bits per heavy atom. The number of likely N-dealkylation sites (tertiary alicyclic amines) is 1. The van der Waals surface area contributed by atoms with Crippen LogP contribution in [0.2, 0.25) is 0 Å². The second-order valence-electron chi connectivity index (χ2n) is 7.14. The summed E-state index contributed by atoms with van der Waals surface area (Å²) in [5, 5.41) is 5.71. The topological polar surface area (TPSA) is 64.7 Å². The smallest absolute Gasteiger partial charge is 0.221 e. The van der Waals surface area contributed by atoms with Gasteiger partial charge in [0, 0.05) is 46.2 Å². The molecule has 6 nitrogen and oxygen atoms in total. The predicted octanol–water partition coefficient (Wildman–Crippen LogP) is 1.92. The maximum absolute atomic E-state index is 12.1. The Bertz CT molecular complexity index is 580. The van der Waals surface area contributed by atoms with Gasteiger partial charge >= 0.3 is 0 Å². The lowest BCUT2D eigenvalue weighted by molar-refractivity contribution is -0.121. The number of carbonyl (C=O) groups excluding carboxylic acids is 2. The Labute approximate surface area is 156 Å². The molecule has 1 aliphatic rings. The van der Waals surface area contributed by atoms with Crippen LogP contribution in [0.3, 0.4) is 0 Å². The largest absolute Gasteiger partial charge is 0.378 e. The first-order valence-corrected chi connectivity index (χ1v) is 9.50. The second-order valence-corrected chi connectivity index (χ2v) is 7.14. The molecule has 1 fully saturated rings. The summed E-state index contributed by atoms with van der Waals surface area (Å²) in [6.07, 6.45) is 4.02. The van der Waals surface area contributed by atoms with Gasteiger partial charge in [0.15, 0.2) is 0 Å². The van der Waals surface area contributed by atoms with Crippen molar-refractivity contribution in [2.75, 3.05) is 45.2 Å². The van der Waals surface area contributed by atoms with Crippen molar-refractivity contribution in [3.05, 3.63) is 29.8 Å². The molecule has 2 rings (SSSR count). The molecule has 1 saturated heterocycles. The van der Waals surface area contributed by atoms with Gasteiger partial charge < -0.3 is 15.5 Å². The molecule has 0 aliphatic carbocycles. The number of anilines is 1. The third-order valence-corrected chi connectivity index (χ3v) is 4.84. The minimum atomic E-state index is -0.107. The minimum Gasteiger partial charge on any atom is -0.378 e. The van der Waals surface area contributed by atoms with Gasteiger partial charge in [0.25, 0.3) is 0 Å². The number of hydrogen-bond acceptors (Lipinski definition) is 4. The second kappa shape index (κ2) is 10.2. The molecule has 1 atom stereocenters. The number of carbonyl (C=O) groups is 2. The summed E-state index contributed by atoms with van der Waals surface area (Å²) >= 11 is 0. The van der Waals surface area contributed by atoms with Gasteiger partial charge in [0.2, 0.25) is 11.8 Å². The van der Waals surface area contributed by atoms with Crippen LogP contribution < -0.4 is 15.5 Å². The van der Waals surface area contributed by atoms with Gasteiger partial charge in [-0.05, 0) is 43.6 Å². The average molecular weight is 361 g/mol. The SMILES string of the molecule is CC(=O)NCCC(=O)NCC(c1ccc(N(C)C)cc1)N1CCCCC1. The third kappa shape index (κ3) is 6.33. The molecule has 144 valence electrons. The molecule has 1 heterocycles. The fourth-order valence-corrected chi connectivity index (χ4v) is 3.33. The monoisotopic (exact) mass is 360 g/mol. The molecular formula is C20H32N4O2. The Kier molecular flexibility index (Phi) is 7.91. The van der Waals surface area contributed by atoms with Crippen LogP contribution in [-0.4, -0.2) is 57.0 Å². The first kappa shape index (κ1) is 20.2. The molecule has 1 aromatic carbocycles. The van der Waals surface area contributed by atoms with Crippen molar-refractivity contribution in [3.8, 4) is 0 Å². The highest BCUT2D eigenvalue weighted by Gasteiger charge is 2.22. The Morgan fingerprint density at radius 2 is 1.73 bits per heavy atom.